The van der Waals surface area contributed by atoms with Crippen molar-refractivity contribution in [3.8, 4) is 16.3 Å². The number of nitrogens with zero attached hydrogens (tertiary/aromatic N) is 5. The van der Waals surface area contributed by atoms with Gasteiger partial charge in [0.1, 0.15) is 16.5 Å². The third-order valence-corrected chi connectivity index (χ3v) is 7.18. The van der Waals surface area contributed by atoms with Crippen LogP contribution in [0.15, 0.2) is 52.1 Å². The summed E-state index contributed by atoms with van der Waals surface area (Å²) >= 11 is 2.92. The molecule has 0 spiro atoms. The van der Waals surface area contributed by atoms with Gasteiger partial charge in [0.2, 0.25) is 0 Å². The molecule has 10 heteroatoms. The van der Waals surface area contributed by atoms with Gasteiger partial charge in [-0.2, -0.15) is 0 Å². The number of fused-ring (bicyclic) bond motifs is 1. The monoisotopic (exact) mass is 481 g/mol. The average molecular weight is 482 g/mol. The fraction of sp³-hybridized carbons (Fsp3) is 0.304. The lowest BCUT2D eigenvalue weighted by Gasteiger charge is -2.34. The molecule has 0 radical (unpaired) electrons. The molecule has 5 rings (SSSR count). The topological polar surface area (TPSA) is 80.0 Å². The minimum Gasteiger partial charge on any atom is -0.494 e. The second-order valence-electron chi connectivity index (χ2n) is 7.70. The number of piperazine rings is 1. The molecule has 1 aliphatic heterocycles. The van der Waals surface area contributed by atoms with Crippen molar-refractivity contribution in [3.63, 3.8) is 0 Å². The number of hydrogen-bond donors (Lipinski definition) is 0. The van der Waals surface area contributed by atoms with E-state index >= 15 is 0 Å². The first-order valence-corrected chi connectivity index (χ1v) is 12.5. The number of amides is 1. The molecular weight excluding hydrogens is 458 g/mol. The number of hydrogen-bond acceptors (Lipinski definition) is 8. The van der Waals surface area contributed by atoms with Gasteiger partial charge in [-0.3, -0.25) is 18.9 Å². The highest BCUT2D eigenvalue weighted by atomic mass is 32.1. The minimum atomic E-state index is -0.0584. The molecule has 1 saturated heterocycles. The van der Waals surface area contributed by atoms with E-state index in [9.17, 15) is 9.59 Å². The van der Waals surface area contributed by atoms with E-state index in [1.54, 1.807) is 16.7 Å². The fourth-order valence-electron chi connectivity index (χ4n) is 3.83. The molecule has 170 valence electrons. The summed E-state index contributed by atoms with van der Waals surface area (Å²) < 4.78 is 7.04. The largest absolute Gasteiger partial charge is 0.494 e. The Morgan fingerprint density at radius 3 is 2.64 bits per heavy atom. The van der Waals surface area contributed by atoms with E-state index < -0.39 is 0 Å². The van der Waals surface area contributed by atoms with Crippen LogP contribution in [0, 0.1) is 0 Å². The maximum absolute atomic E-state index is 13.0. The lowest BCUT2D eigenvalue weighted by Crippen LogP contribution is -2.48. The average Bonchev–Trinajstić information content (AvgIpc) is 3.50. The Bertz CT molecular complexity index is 1320. The van der Waals surface area contributed by atoms with Gasteiger partial charge in [-0.15, -0.1) is 22.7 Å². The van der Waals surface area contributed by atoms with E-state index in [0.29, 0.717) is 36.9 Å². The first-order chi connectivity index (χ1) is 16.1. The Labute approximate surface area is 198 Å². The molecule has 4 heterocycles. The summed E-state index contributed by atoms with van der Waals surface area (Å²) in [5, 5.41) is 4.51. The molecule has 0 unspecified atom stereocenters. The van der Waals surface area contributed by atoms with Gasteiger partial charge in [0.15, 0.2) is 4.96 Å². The predicted molar refractivity (Wildman–Crippen MR) is 129 cm³/mol. The number of rotatable bonds is 6. The molecule has 0 atom stereocenters. The van der Waals surface area contributed by atoms with Gasteiger partial charge in [-0.05, 0) is 31.2 Å². The lowest BCUT2D eigenvalue weighted by molar-refractivity contribution is 0.0622. The summed E-state index contributed by atoms with van der Waals surface area (Å²) in [4.78, 5) is 39.1. The molecule has 1 amide bonds. The van der Waals surface area contributed by atoms with Gasteiger partial charge in [0, 0.05) is 61.3 Å². The highest BCUT2D eigenvalue weighted by molar-refractivity contribution is 7.15. The minimum absolute atomic E-state index is 0.0422. The van der Waals surface area contributed by atoms with E-state index in [1.807, 2.05) is 46.8 Å². The summed E-state index contributed by atoms with van der Waals surface area (Å²) in [5.74, 6) is 0.780. The van der Waals surface area contributed by atoms with Crippen LogP contribution in [0.25, 0.3) is 15.5 Å². The van der Waals surface area contributed by atoms with Crippen LogP contribution in [0.2, 0.25) is 0 Å². The first kappa shape index (κ1) is 21.7. The second-order valence-corrected chi connectivity index (χ2v) is 9.44. The molecule has 0 aliphatic carbocycles. The molecule has 1 aromatic carbocycles. The molecule has 0 N–H and O–H groups in total. The summed E-state index contributed by atoms with van der Waals surface area (Å²) in [7, 11) is 0. The molecule has 1 fully saturated rings. The van der Waals surface area contributed by atoms with Crippen molar-refractivity contribution in [2.75, 3.05) is 32.8 Å². The van der Waals surface area contributed by atoms with Crippen LogP contribution in [-0.4, -0.2) is 62.9 Å². The number of aromatic nitrogens is 3. The molecule has 0 bridgehead atoms. The predicted octanol–water partition coefficient (Wildman–Crippen LogP) is 3.24. The zero-order chi connectivity index (χ0) is 22.8. The Morgan fingerprint density at radius 1 is 1.09 bits per heavy atom. The molecule has 8 nitrogen and oxygen atoms in total. The Kier molecular flexibility index (Phi) is 6.21. The maximum Gasteiger partial charge on any atom is 0.273 e. The molecule has 1 aliphatic rings. The van der Waals surface area contributed by atoms with Crippen LogP contribution < -0.4 is 10.3 Å². The van der Waals surface area contributed by atoms with Crippen molar-refractivity contribution in [3.05, 3.63) is 69.0 Å². The quantitative estimate of drug-likeness (QED) is 0.421. The van der Waals surface area contributed by atoms with Gasteiger partial charge in [-0.25, -0.2) is 9.97 Å². The van der Waals surface area contributed by atoms with Crippen LogP contribution >= 0.6 is 22.7 Å². The molecular formula is C23H23N5O3S2. The van der Waals surface area contributed by atoms with E-state index in [1.165, 1.54) is 22.7 Å². The highest BCUT2D eigenvalue weighted by Crippen LogP contribution is 2.26. The number of thiazole rings is 2. The molecule has 4 aromatic rings. The summed E-state index contributed by atoms with van der Waals surface area (Å²) in [6.07, 6.45) is 1.74. The van der Waals surface area contributed by atoms with Gasteiger partial charge in [0.25, 0.3) is 11.5 Å². The molecule has 33 heavy (non-hydrogen) atoms. The number of benzene rings is 1. The van der Waals surface area contributed by atoms with E-state index in [-0.39, 0.29) is 11.5 Å². The summed E-state index contributed by atoms with van der Waals surface area (Å²) in [5.41, 5.74) is 2.16. The van der Waals surface area contributed by atoms with Crippen LogP contribution in [-0.2, 0) is 6.54 Å². The van der Waals surface area contributed by atoms with Crippen molar-refractivity contribution in [2.45, 2.75) is 13.5 Å². The Hall–Kier alpha value is -3.08. The van der Waals surface area contributed by atoms with Crippen LogP contribution in [0.4, 0.5) is 0 Å². The first-order valence-electron chi connectivity index (χ1n) is 10.8. The van der Waals surface area contributed by atoms with E-state index in [4.69, 9.17) is 4.74 Å². The maximum atomic E-state index is 13.0. The molecule has 0 saturated carbocycles. The van der Waals surface area contributed by atoms with Crippen molar-refractivity contribution < 1.29 is 9.53 Å². The van der Waals surface area contributed by atoms with Crippen molar-refractivity contribution in [1.29, 1.82) is 0 Å². The number of carbonyl (C=O) groups excluding carboxylic acids is 1. The third-order valence-electron chi connectivity index (χ3n) is 5.54. The highest BCUT2D eigenvalue weighted by Gasteiger charge is 2.24. The zero-order valence-corrected chi connectivity index (χ0v) is 19.8. The van der Waals surface area contributed by atoms with Gasteiger partial charge in [-0.1, -0.05) is 0 Å². The van der Waals surface area contributed by atoms with Gasteiger partial charge < -0.3 is 9.64 Å². The van der Waals surface area contributed by atoms with Crippen molar-refractivity contribution in [1.82, 2.24) is 24.2 Å². The van der Waals surface area contributed by atoms with Gasteiger partial charge in [0.05, 0.1) is 12.3 Å². The van der Waals surface area contributed by atoms with Crippen molar-refractivity contribution >= 4 is 33.5 Å². The number of carbonyl (C=O) groups is 1. The Balaban J connectivity index is 1.19. The van der Waals surface area contributed by atoms with Gasteiger partial charge >= 0.3 is 0 Å². The SMILES string of the molecule is CCOc1ccc(-c2nc(C(=O)N3CCN(Cc4cc(=O)n5ccsc5n4)CC3)cs2)cc1. The van der Waals surface area contributed by atoms with E-state index in [0.717, 1.165) is 35.1 Å². The zero-order valence-electron chi connectivity index (χ0n) is 18.1. The van der Waals surface area contributed by atoms with Crippen LogP contribution in [0.5, 0.6) is 5.75 Å². The fourth-order valence-corrected chi connectivity index (χ4v) is 5.37. The summed E-state index contributed by atoms with van der Waals surface area (Å²) in [6, 6.07) is 9.35. The normalized spacial score (nSPS) is 14.6. The standard InChI is InChI=1S/C23H23N5O3S2/c1-2-31-18-5-3-16(4-6-18)21-25-19(15-33-21)22(30)27-9-7-26(8-10-27)14-17-13-20(29)28-11-12-32-23(28)24-17/h3-6,11-13,15H,2,7-10,14H2,1H3. The van der Waals surface area contributed by atoms with Crippen LogP contribution in [0.1, 0.15) is 23.1 Å². The third kappa shape index (κ3) is 4.68. The van der Waals surface area contributed by atoms with Crippen molar-refractivity contribution in [2.24, 2.45) is 0 Å². The molecule has 3 aromatic heterocycles. The number of ether oxygens (including phenoxy) is 1. The van der Waals surface area contributed by atoms with Crippen LogP contribution in [0.3, 0.4) is 0 Å². The Morgan fingerprint density at radius 2 is 1.88 bits per heavy atom. The smallest absolute Gasteiger partial charge is 0.273 e. The van der Waals surface area contributed by atoms with E-state index in [2.05, 4.69) is 14.9 Å². The lowest BCUT2D eigenvalue weighted by atomic mass is 10.2. The summed E-state index contributed by atoms with van der Waals surface area (Å²) in [6.45, 7) is 5.88. The second kappa shape index (κ2) is 9.42.